The number of esters is 1. The highest BCUT2D eigenvalue weighted by Crippen LogP contribution is 2.23. The number of carbonyl (C=O) groups is 3. The number of carbonyl (C=O) groups excluding carboxylic acids is 3. The van der Waals surface area contributed by atoms with Crippen LogP contribution in [0.15, 0.2) is 66.7 Å². The van der Waals surface area contributed by atoms with E-state index in [2.05, 4.69) is 5.32 Å². The first kappa shape index (κ1) is 21.5. The van der Waals surface area contributed by atoms with Gasteiger partial charge in [0, 0.05) is 29.7 Å². The summed E-state index contributed by atoms with van der Waals surface area (Å²) in [5.74, 6) is -1.79. The van der Waals surface area contributed by atoms with Crippen LogP contribution in [0.1, 0.15) is 23.2 Å². The zero-order valence-electron chi connectivity index (χ0n) is 17.4. The monoisotopic (exact) mass is 434 g/mol. The Morgan fingerprint density at radius 2 is 1.62 bits per heavy atom. The lowest BCUT2D eigenvalue weighted by Gasteiger charge is -2.31. The molecule has 0 aromatic heterocycles. The van der Waals surface area contributed by atoms with Gasteiger partial charge in [0.15, 0.2) is 6.61 Å². The fourth-order valence-electron chi connectivity index (χ4n) is 3.87. The number of hydrogen-bond acceptors (Lipinski definition) is 4. The van der Waals surface area contributed by atoms with Gasteiger partial charge in [-0.2, -0.15) is 0 Å². The number of hydrogen-bond donors (Lipinski definition) is 1. The number of nitrogens with zero attached hydrogens (tertiary/aromatic N) is 1. The van der Waals surface area contributed by atoms with E-state index in [9.17, 15) is 18.8 Å². The average molecular weight is 434 g/mol. The third-order valence-corrected chi connectivity index (χ3v) is 5.62. The summed E-state index contributed by atoms with van der Waals surface area (Å²) < 4.78 is 18.3. The molecule has 3 aromatic rings. The molecule has 1 aliphatic rings. The molecule has 0 aliphatic carbocycles. The first-order valence-electron chi connectivity index (χ1n) is 10.5. The van der Waals surface area contributed by atoms with Crippen molar-refractivity contribution in [2.24, 2.45) is 5.92 Å². The molecule has 32 heavy (non-hydrogen) atoms. The molecular weight excluding hydrogens is 411 g/mol. The molecule has 0 saturated carbocycles. The largest absolute Gasteiger partial charge is 0.455 e. The summed E-state index contributed by atoms with van der Waals surface area (Å²) in [6.07, 6.45) is 0.910. The number of piperidine rings is 1. The van der Waals surface area contributed by atoms with Gasteiger partial charge in [-0.15, -0.1) is 0 Å². The van der Waals surface area contributed by atoms with Crippen molar-refractivity contribution >= 4 is 34.2 Å². The van der Waals surface area contributed by atoms with Crippen molar-refractivity contribution < 1.29 is 23.5 Å². The van der Waals surface area contributed by atoms with Crippen LogP contribution in [0, 0.1) is 11.7 Å². The average Bonchev–Trinajstić information content (AvgIpc) is 2.83. The Bertz CT molecular complexity index is 1130. The lowest BCUT2D eigenvalue weighted by molar-refractivity contribution is -0.152. The predicted octanol–water partition coefficient (Wildman–Crippen LogP) is 4.01. The summed E-state index contributed by atoms with van der Waals surface area (Å²) in [6.45, 7) is 0.438. The zero-order chi connectivity index (χ0) is 22.5. The van der Waals surface area contributed by atoms with Crippen LogP contribution < -0.4 is 5.32 Å². The number of anilines is 1. The molecule has 1 heterocycles. The van der Waals surface area contributed by atoms with Crippen LogP contribution in [0.3, 0.4) is 0 Å². The van der Waals surface area contributed by atoms with Crippen LogP contribution in [0.2, 0.25) is 0 Å². The smallest absolute Gasteiger partial charge is 0.309 e. The minimum atomic E-state index is -0.438. The van der Waals surface area contributed by atoms with E-state index in [-0.39, 0.29) is 18.4 Å². The SMILES string of the molecule is O=C(COC(=O)C1CCN(C(=O)c2ccc(F)cc2)CC1)Nc1cccc2ccccc12. The minimum Gasteiger partial charge on any atom is -0.455 e. The Labute approximate surface area is 185 Å². The highest BCUT2D eigenvalue weighted by molar-refractivity contribution is 6.02. The topological polar surface area (TPSA) is 75.7 Å². The van der Waals surface area contributed by atoms with Gasteiger partial charge in [0.2, 0.25) is 0 Å². The number of nitrogens with one attached hydrogen (secondary N) is 1. The van der Waals surface area contributed by atoms with Gasteiger partial charge in [0.1, 0.15) is 5.82 Å². The highest BCUT2D eigenvalue weighted by atomic mass is 19.1. The molecule has 0 radical (unpaired) electrons. The number of ether oxygens (including phenoxy) is 1. The number of likely N-dealkylation sites (tertiary alicyclic amines) is 1. The number of fused-ring (bicyclic) bond motifs is 1. The second kappa shape index (κ2) is 9.60. The Hall–Kier alpha value is -3.74. The molecule has 1 aliphatic heterocycles. The van der Waals surface area contributed by atoms with E-state index in [1.54, 1.807) is 11.0 Å². The molecule has 4 rings (SSSR count). The normalized spacial score (nSPS) is 14.2. The molecule has 164 valence electrons. The van der Waals surface area contributed by atoms with E-state index < -0.39 is 17.7 Å². The maximum Gasteiger partial charge on any atom is 0.309 e. The molecule has 0 unspecified atom stereocenters. The summed E-state index contributed by atoms with van der Waals surface area (Å²) >= 11 is 0. The molecule has 6 nitrogen and oxygen atoms in total. The summed E-state index contributed by atoms with van der Waals surface area (Å²) in [5, 5.41) is 4.71. The van der Waals surface area contributed by atoms with Gasteiger partial charge >= 0.3 is 5.97 Å². The van der Waals surface area contributed by atoms with Crippen molar-refractivity contribution in [3.63, 3.8) is 0 Å². The van der Waals surface area contributed by atoms with Crippen LogP contribution in [-0.2, 0) is 14.3 Å². The second-order valence-electron chi connectivity index (χ2n) is 7.76. The minimum absolute atomic E-state index is 0.189. The van der Waals surface area contributed by atoms with Crippen LogP contribution in [0.4, 0.5) is 10.1 Å². The van der Waals surface area contributed by atoms with E-state index in [4.69, 9.17) is 4.74 Å². The third-order valence-electron chi connectivity index (χ3n) is 5.62. The molecule has 7 heteroatoms. The lowest BCUT2D eigenvalue weighted by Crippen LogP contribution is -2.41. The Balaban J connectivity index is 1.25. The van der Waals surface area contributed by atoms with Gasteiger partial charge in [0.25, 0.3) is 11.8 Å². The lowest BCUT2D eigenvalue weighted by atomic mass is 9.96. The van der Waals surface area contributed by atoms with Gasteiger partial charge in [0.05, 0.1) is 5.92 Å². The number of rotatable bonds is 5. The van der Waals surface area contributed by atoms with Crippen molar-refractivity contribution in [1.82, 2.24) is 4.90 Å². The molecule has 1 fully saturated rings. The van der Waals surface area contributed by atoms with Gasteiger partial charge in [-0.3, -0.25) is 14.4 Å². The van der Waals surface area contributed by atoms with Crippen LogP contribution in [-0.4, -0.2) is 42.4 Å². The third kappa shape index (κ3) is 4.94. The van der Waals surface area contributed by atoms with E-state index in [1.807, 2.05) is 36.4 Å². The first-order valence-corrected chi connectivity index (χ1v) is 10.5. The molecular formula is C25H23FN2O4. The molecule has 2 amide bonds. The van der Waals surface area contributed by atoms with Gasteiger partial charge in [-0.1, -0.05) is 36.4 Å². The number of benzene rings is 3. The number of halogens is 1. The summed E-state index contributed by atoms with van der Waals surface area (Å²) in [4.78, 5) is 38.8. The highest BCUT2D eigenvalue weighted by Gasteiger charge is 2.29. The van der Waals surface area contributed by atoms with E-state index in [0.29, 0.717) is 37.2 Å². The second-order valence-corrected chi connectivity index (χ2v) is 7.76. The van der Waals surface area contributed by atoms with Gasteiger partial charge in [-0.05, 0) is 48.6 Å². The van der Waals surface area contributed by atoms with Crippen LogP contribution in [0.5, 0.6) is 0 Å². The summed E-state index contributed by atoms with van der Waals surface area (Å²) in [5.41, 5.74) is 1.08. The van der Waals surface area contributed by atoms with Gasteiger partial charge in [-0.25, -0.2) is 4.39 Å². The van der Waals surface area contributed by atoms with Gasteiger partial charge < -0.3 is 15.0 Å². The van der Waals surface area contributed by atoms with E-state index in [1.165, 1.54) is 24.3 Å². The first-order chi connectivity index (χ1) is 15.5. The summed E-state index contributed by atoms with van der Waals surface area (Å²) in [6, 6.07) is 18.7. The Morgan fingerprint density at radius 3 is 2.38 bits per heavy atom. The Morgan fingerprint density at radius 1 is 0.938 bits per heavy atom. The predicted molar refractivity (Wildman–Crippen MR) is 119 cm³/mol. The Kier molecular flexibility index (Phi) is 6.44. The quantitative estimate of drug-likeness (QED) is 0.616. The van der Waals surface area contributed by atoms with Crippen molar-refractivity contribution in [3.8, 4) is 0 Å². The van der Waals surface area contributed by atoms with Crippen molar-refractivity contribution in [2.45, 2.75) is 12.8 Å². The number of amides is 2. The molecule has 0 atom stereocenters. The molecule has 0 bridgehead atoms. The van der Waals surface area contributed by atoms with E-state index in [0.717, 1.165) is 10.8 Å². The fourth-order valence-corrected chi connectivity index (χ4v) is 3.87. The summed E-state index contributed by atoms with van der Waals surface area (Å²) in [7, 11) is 0. The maximum atomic E-state index is 13.0. The maximum absolute atomic E-state index is 13.0. The van der Waals surface area contributed by atoms with Crippen LogP contribution >= 0.6 is 0 Å². The molecule has 1 N–H and O–H groups in total. The fraction of sp³-hybridized carbons (Fsp3) is 0.240. The van der Waals surface area contributed by atoms with Crippen molar-refractivity contribution in [2.75, 3.05) is 25.0 Å². The standard InChI is InChI=1S/C25H23FN2O4/c26-20-10-8-18(9-11-20)24(30)28-14-12-19(13-15-28)25(31)32-16-23(29)27-22-7-3-5-17-4-1-2-6-21(17)22/h1-11,19H,12-16H2,(H,27,29). The molecule has 1 saturated heterocycles. The van der Waals surface area contributed by atoms with Crippen molar-refractivity contribution in [3.05, 3.63) is 78.1 Å². The zero-order valence-corrected chi connectivity index (χ0v) is 17.4. The van der Waals surface area contributed by atoms with E-state index >= 15 is 0 Å². The van der Waals surface area contributed by atoms with Crippen molar-refractivity contribution in [1.29, 1.82) is 0 Å². The van der Waals surface area contributed by atoms with Crippen LogP contribution in [0.25, 0.3) is 10.8 Å². The molecule has 3 aromatic carbocycles. The molecule has 0 spiro atoms.